The van der Waals surface area contributed by atoms with E-state index in [1.165, 1.54) is 6.42 Å². The van der Waals surface area contributed by atoms with E-state index in [9.17, 15) is 0 Å². The van der Waals surface area contributed by atoms with E-state index in [2.05, 4.69) is 36.1 Å². The summed E-state index contributed by atoms with van der Waals surface area (Å²) in [4.78, 5) is 7.37. The molecule has 1 rings (SSSR count). The van der Waals surface area contributed by atoms with E-state index in [1.54, 1.807) is 0 Å². The summed E-state index contributed by atoms with van der Waals surface area (Å²) in [7, 11) is 0. The van der Waals surface area contributed by atoms with Gasteiger partial charge in [-0.05, 0) is 19.8 Å². The molecule has 0 radical (unpaired) electrons. The van der Waals surface area contributed by atoms with Crippen LogP contribution < -0.4 is 5.32 Å². The van der Waals surface area contributed by atoms with Gasteiger partial charge in [-0.2, -0.15) is 0 Å². The van der Waals surface area contributed by atoms with Crippen LogP contribution in [0.5, 0.6) is 0 Å². The number of hydrogen-bond acceptors (Lipinski definition) is 2. The second kappa shape index (κ2) is 4.30. The van der Waals surface area contributed by atoms with E-state index in [0.717, 1.165) is 11.6 Å². The molecule has 0 aromatic carbocycles. The molecular formula is C10H19N3. The maximum absolute atomic E-state index is 4.21. The Balaban J connectivity index is 2.49. The molecule has 0 saturated carbocycles. The van der Waals surface area contributed by atoms with Crippen molar-refractivity contribution < 1.29 is 0 Å². The van der Waals surface area contributed by atoms with E-state index < -0.39 is 0 Å². The van der Waals surface area contributed by atoms with Crippen molar-refractivity contribution in [2.75, 3.05) is 5.32 Å². The summed E-state index contributed by atoms with van der Waals surface area (Å²) in [6.07, 6.45) is 3.03. The van der Waals surface area contributed by atoms with Crippen LogP contribution in [0.1, 0.15) is 32.9 Å². The van der Waals surface area contributed by atoms with Gasteiger partial charge in [0.1, 0.15) is 0 Å². The summed E-state index contributed by atoms with van der Waals surface area (Å²) in [5.41, 5.74) is 1.10. The lowest BCUT2D eigenvalue weighted by Gasteiger charge is -2.19. The third-order valence-corrected chi connectivity index (χ3v) is 2.56. The number of aromatic nitrogens is 2. The quantitative estimate of drug-likeness (QED) is 0.749. The zero-order valence-corrected chi connectivity index (χ0v) is 8.89. The molecule has 1 aromatic rings. The molecule has 0 aliphatic rings. The fraction of sp³-hybridized carbons (Fsp3) is 0.700. The third kappa shape index (κ3) is 2.76. The highest BCUT2D eigenvalue weighted by Gasteiger charge is 2.10. The highest BCUT2D eigenvalue weighted by atomic mass is 15.1. The summed E-state index contributed by atoms with van der Waals surface area (Å²) in [5, 5.41) is 3.35. The average molecular weight is 181 g/mol. The summed E-state index contributed by atoms with van der Waals surface area (Å²) in [6.45, 7) is 8.64. The lowest BCUT2D eigenvalue weighted by atomic mass is 10.0. The van der Waals surface area contributed by atoms with Crippen molar-refractivity contribution in [3.05, 3.63) is 11.9 Å². The molecule has 0 bridgehead atoms. The van der Waals surface area contributed by atoms with Crippen molar-refractivity contribution in [3.8, 4) is 0 Å². The SMILES string of the molecule is CCC(C)C(C)Nc1ncc(C)[nH]1. The molecule has 13 heavy (non-hydrogen) atoms. The van der Waals surface area contributed by atoms with Crippen LogP contribution in [0.3, 0.4) is 0 Å². The van der Waals surface area contributed by atoms with Gasteiger partial charge in [-0.1, -0.05) is 20.3 Å². The first-order chi connectivity index (χ1) is 6.13. The molecule has 3 heteroatoms. The maximum Gasteiger partial charge on any atom is 0.200 e. The van der Waals surface area contributed by atoms with Crippen LogP contribution in [-0.2, 0) is 0 Å². The van der Waals surface area contributed by atoms with Crippen LogP contribution in [0.4, 0.5) is 5.95 Å². The van der Waals surface area contributed by atoms with Gasteiger partial charge < -0.3 is 10.3 Å². The Morgan fingerprint density at radius 2 is 2.23 bits per heavy atom. The number of H-pyrrole nitrogens is 1. The fourth-order valence-electron chi connectivity index (χ4n) is 1.20. The molecule has 0 amide bonds. The number of aromatic amines is 1. The molecule has 0 spiro atoms. The van der Waals surface area contributed by atoms with Gasteiger partial charge in [0.05, 0.1) is 0 Å². The minimum Gasteiger partial charge on any atom is -0.353 e. The van der Waals surface area contributed by atoms with Crippen LogP contribution in [0.15, 0.2) is 6.20 Å². The average Bonchev–Trinajstić information content (AvgIpc) is 2.49. The van der Waals surface area contributed by atoms with Gasteiger partial charge in [0.15, 0.2) is 0 Å². The molecule has 0 aliphatic heterocycles. The third-order valence-electron chi connectivity index (χ3n) is 2.56. The molecule has 2 unspecified atom stereocenters. The van der Waals surface area contributed by atoms with Crippen molar-refractivity contribution in [2.45, 2.75) is 40.2 Å². The molecule has 1 heterocycles. The van der Waals surface area contributed by atoms with Crippen LogP contribution in [0, 0.1) is 12.8 Å². The largest absolute Gasteiger partial charge is 0.353 e. The Morgan fingerprint density at radius 1 is 1.54 bits per heavy atom. The molecule has 0 saturated heterocycles. The predicted octanol–water partition coefficient (Wildman–Crippen LogP) is 2.56. The minimum absolute atomic E-state index is 0.468. The van der Waals surface area contributed by atoms with Gasteiger partial charge in [0, 0.05) is 17.9 Å². The summed E-state index contributed by atoms with van der Waals surface area (Å²) in [6, 6.07) is 0.468. The zero-order chi connectivity index (χ0) is 9.84. The summed E-state index contributed by atoms with van der Waals surface area (Å²) in [5.74, 6) is 1.55. The van der Waals surface area contributed by atoms with Crippen LogP contribution in [0.2, 0.25) is 0 Å². The van der Waals surface area contributed by atoms with Gasteiger partial charge in [-0.25, -0.2) is 4.98 Å². The number of anilines is 1. The lowest BCUT2D eigenvalue weighted by molar-refractivity contribution is 0.492. The molecule has 2 atom stereocenters. The van der Waals surface area contributed by atoms with Crippen LogP contribution in [-0.4, -0.2) is 16.0 Å². The number of rotatable bonds is 4. The van der Waals surface area contributed by atoms with Crippen molar-refractivity contribution >= 4 is 5.95 Å². The first-order valence-corrected chi connectivity index (χ1v) is 4.91. The van der Waals surface area contributed by atoms with Crippen molar-refractivity contribution in [1.82, 2.24) is 9.97 Å². The van der Waals surface area contributed by atoms with Crippen LogP contribution >= 0.6 is 0 Å². The smallest absolute Gasteiger partial charge is 0.200 e. The van der Waals surface area contributed by atoms with Crippen molar-refractivity contribution in [2.24, 2.45) is 5.92 Å². The normalized spacial score (nSPS) is 15.4. The lowest BCUT2D eigenvalue weighted by Crippen LogP contribution is -2.23. The zero-order valence-electron chi connectivity index (χ0n) is 8.89. The molecule has 3 nitrogen and oxygen atoms in total. The molecule has 1 aromatic heterocycles. The molecule has 2 N–H and O–H groups in total. The standard InChI is InChI=1S/C10H19N3/c1-5-7(2)9(4)13-10-11-6-8(3)12-10/h6-7,9H,5H2,1-4H3,(H2,11,12,13). The number of aryl methyl sites for hydroxylation is 1. The summed E-state index contributed by atoms with van der Waals surface area (Å²) < 4.78 is 0. The van der Waals surface area contributed by atoms with Gasteiger partial charge in [-0.3, -0.25) is 0 Å². The second-order valence-electron chi connectivity index (χ2n) is 3.73. The molecule has 74 valence electrons. The molecule has 0 fully saturated rings. The van der Waals surface area contributed by atoms with Gasteiger partial charge in [-0.15, -0.1) is 0 Å². The Morgan fingerprint density at radius 3 is 2.69 bits per heavy atom. The monoisotopic (exact) mass is 181 g/mol. The first-order valence-electron chi connectivity index (χ1n) is 4.91. The van der Waals surface area contributed by atoms with Gasteiger partial charge >= 0.3 is 0 Å². The topological polar surface area (TPSA) is 40.7 Å². The Bertz CT molecular complexity index is 254. The summed E-state index contributed by atoms with van der Waals surface area (Å²) >= 11 is 0. The molecule has 0 aliphatic carbocycles. The van der Waals surface area contributed by atoms with E-state index in [0.29, 0.717) is 12.0 Å². The predicted molar refractivity (Wildman–Crippen MR) is 55.9 cm³/mol. The Hall–Kier alpha value is -0.990. The highest BCUT2D eigenvalue weighted by molar-refractivity contribution is 5.27. The van der Waals surface area contributed by atoms with Crippen molar-refractivity contribution in [1.29, 1.82) is 0 Å². The molecular weight excluding hydrogens is 162 g/mol. The van der Waals surface area contributed by atoms with E-state index in [1.807, 2.05) is 13.1 Å². The second-order valence-corrected chi connectivity index (χ2v) is 3.73. The van der Waals surface area contributed by atoms with E-state index in [-0.39, 0.29) is 0 Å². The first kappa shape index (κ1) is 10.1. The number of nitrogens with one attached hydrogen (secondary N) is 2. The van der Waals surface area contributed by atoms with Gasteiger partial charge in [0.25, 0.3) is 0 Å². The fourth-order valence-corrected chi connectivity index (χ4v) is 1.20. The number of hydrogen-bond donors (Lipinski definition) is 2. The number of imidazole rings is 1. The van der Waals surface area contributed by atoms with Gasteiger partial charge in [0.2, 0.25) is 5.95 Å². The Kier molecular flexibility index (Phi) is 3.34. The minimum atomic E-state index is 0.468. The maximum atomic E-state index is 4.21. The van der Waals surface area contributed by atoms with Crippen molar-refractivity contribution in [3.63, 3.8) is 0 Å². The Labute approximate surface area is 80.0 Å². The number of nitrogens with zero attached hydrogens (tertiary/aromatic N) is 1. The van der Waals surface area contributed by atoms with E-state index >= 15 is 0 Å². The highest BCUT2D eigenvalue weighted by Crippen LogP contribution is 2.11. The van der Waals surface area contributed by atoms with E-state index in [4.69, 9.17) is 0 Å². The van der Waals surface area contributed by atoms with Crippen LogP contribution in [0.25, 0.3) is 0 Å².